The number of thiazole rings is 1. The number of hydrogen-bond acceptors (Lipinski definition) is 7. The molecule has 1 aromatic carbocycles. The molecule has 0 saturated carbocycles. The number of para-hydroxylation sites is 1. The second kappa shape index (κ2) is 8.52. The van der Waals surface area contributed by atoms with Crippen LogP contribution in [0.15, 0.2) is 45.1 Å². The summed E-state index contributed by atoms with van der Waals surface area (Å²) in [5, 5.41) is 6.26. The summed E-state index contributed by atoms with van der Waals surface area (Å²) < 4.78 is 33.0. The van der Waals surface area contributed by atoms with E-state index < -0.39 is 15.9 Å². The molecule has 0 aliphatic carbocycles. The van der Waals surface area contributed by atoms with Crippen molar-refractivity contribution in [3.05, 3.63) is 52.9 Å². The van der Waals surface area contributed by atoms with Gasteiger partial charge in [-0.15, -0.1) is 11.3 Å². The first-order valence-corrected chi connectivity index (χ1v) is 12.3. The summed E-state index contributed by atoms with van der Waals surface area (Å²) in [5.41, 5.74) is 1.88. The van der Waals surface area contributed by atoms with Crippen LogP contribution in [-0.4, -0.2) is 41.9 Å². The molecule has 1 fully saturated rings. The van der Waals surface area contributed by atoms with Crippen LogP contribution in [0.3, 0.4) is 0 Å². The molecular formula is C21H24N4O4S2. The molecule has 1 amide bonds. The van der Waals surface area contributed by atoms with Gasteiger partial charge in [-0.25, -0.2) is 13.4 Å². The predicted molar refractivity (Wildman–Crippen MR) is 118 cm³/mol. The van der Waals surface area contributed by atoms with Gasteiger partial charge in [0.1, 0.15) is 10.6 Å². The molecule has 164 valence electrons. The fourth-order valence-electron chi connectivity index (χ4n) is 3.87. The van der Waals surface area contributed by atoms with Crippen molar-refractivity contribution in [3.63, 3.8) is 0 Å². The van der Waals surface area contributed by atoms with Crippen LogP contribution in [-0.2, 0) is 14.8 Å². The Kier molecular flexibility index (Phi) is 5.96. The first-order valence-electron chi connectivity index (χ1n) is 10.0. The number of anilines is 2. The molecule has 10 heteroatoms. The van der Waals surface area contributed by atoms with Gasteiger partial charge in [0.15, 0.2) is 10.9 Å². The van der Waals surface area contributed by atoms with E-state index in [0.29, 0.717) is 35.9 Å². The Hall–Kier alpha value is -2.56. The van der Waals surface area contributed by atoms with E-state index in [-0.39, 0.29) is 23.1 Å². The molecule has 2 aromatic heterocycles. The van der Waals surface area contributed by atoms with Crippen molar-refractivity contribution in [2.45, 2.75) is 38.5 Å². The van der Waals surface area contributed by atoms with Gasteiger partial charge in [-0.3, -0.25) is 9.69 Å². The number of carbonyl (C=O) groups is 1. The highest BCUT2D eigenvalue weighted by molar-refractivity contribution is 7.89. The topological polar surface area (TPSA) is 96.6 Å². The number of piperidine rings is 1. The van der Waals surface area contributed by atoms with E-state index in [1.165, 1.54) is 15.6 Å². The zero-order valence-electron chi connectivity index (χ0n) is 17.6. The third kappa shape index (κ3) is 4.15. The largest absolute Gasteiger partial charge is 0.360 e. The van der Waals surface area contributed by atoms with Crippen molar-refractivity contribution in [2.75, 3.05) is 18.0 Å². The van der Waals surface area contributed by atoms with Gasteiger partial charge in [0.05, 0.1) is 17.3 Å². The SMILES string of the molecule is Cc1csc(N(C(=O)C2CCCN(S(=O)(=O)c3c(C)noc3C)C2)c2ccccc2)n1. The van der Waals surface area contributed by atoms with Crippen LogP contribution in [0, 0.1) is 26.7 Å². The van der Waals surface area contributed by atoms with Crippen LogP contribution in [0.2, 0.25) is 0 Å². The number of amides is 1. The molecule has 0 N–H and O–H groups in total. The monoisotopic (exact) mass is 460 g/mol. The molecule has 1 aliphatic rings. The zero-order chi connectivity index (χ0) is 22.2. The average molecular weight is 461 g/mol. The number of aromatic nitrogens is 2. The van der Waals surface area contributed by atoms with Gasteiger partial charge in [-0.2, -0.15) is 4.31 Å². The summed E-state index contributed by atoms with van der Waals surface area (Å²) >= 11 is 1.39. The summed E-state index contributed by atoms with van der Waals surface area (Å²) in [5.74, 6) is -0.372. The van der Waals surface area contributed by atoms with Crippen LogP contribution in [0.25, 0.3) is 0 Å². The zero-order valence-corrected chi connectivity index (χ0v) is 19.2. The minimum absolute atomic E-state index is 0.0936. The highest BCUT2D eigenvalue weighted by atomic mass is 32.2. The molecule has 0 radical (unpaired) electrons. The molecule has 3 heterocycles. The number of hydrogen-bond donors (Lipinski definition) is 0. The Morgan fingerprint density at radius 3 is 2.58 bits per heavy atom. The highest BCUT2D eigenvalue weighted by Gasteiger charge is 2.38. The van der Waals surface area contributed by atoms with Gasteiger partial charge in [0.25, 0.3) is 0 Å². The van der Waals surface area contributed by atoms with E-state index in [1.54, 1.807) is 18.7 Å². The van der Waals surface area contributed by atoms with Gasteiger partial charge in [-0.05, 0) is 45.7 Å². The number of nitrogens with zero attached hydrogens (tertiary/aromatic N) is 4. The fraction of sp³-hybridized carbons (Fsp3) is 0.381. The third-order valence-electron chi connectivity index (χ3n) is 5.33. The van der Waals surface area contributed by atoms with Crippen LogP contribution in [0.5, 0.6) is 0 Å². The number of rotatable bonds is 5. The van der Waals surface area contributed by atoms with Crippen LogP contribution >= 0.6 is 11.3 Å². The standard InChI is InChI=1S/C21H24N4O4S2/c1-14-13-30-21(22-14)25(18-9-5-4-6-10-18)20(26)17-8-7-11-24(12-17)31(27,28)19-15(2)23-29-16(19)3/h4-6,9-10,13,17H,7-8,11-12H2,1-3H3. The molecule has 3 aromatic rings. The molecule has 1 aliphatic heterocycles. The summed E-state index contributed by atoms with van der Waals surface area (Å²) in [6.07, 6.45) is 1.21. The first-order chi connectivity index (χ1) is 14.8. The quantitative estimate of drug-likeness (QED) is 0.574. The molecule has 1 atom stereocenters. The Labute approximate surface area is 185 Å². The Morgan fingerprint density at radius 2 is 1.97 bits per heavy atom. The second-order valence-electron chi connectivity index (χ2n) is 7.64. The van der Waals surface area contributed by atoms with E-state index in [0.717, 1.165) is 5.69 Å². The van der Waals surface area contributed by atoms with E-state index in [4.69, 9.17) is 4.52 Å². The Balaban J connectivity index is 1.64. The average Bonchev–Trinajstić information content (AvgIpc) is 3.34. The van der Waals surface area contributed by atoms with E-state index >= 15 is 0 Å². The van der Waals surface area contributed by atoms with Crippen molar-refractivity contribution < 1.29 is 17.7 Å². The molecule has 31 heavy (non-hydrogen) atoms. The molecule has 8 nitrogen and oxygen atoms in total. The van der Waals surface area contributed by atoms with E-state index in [2.05, 4.69) is 10.1 Å². The van der Waals surface area contributed by atoms with E-state index in [9.17, 15) is 13.2 Å². The number of sulfonamides is 1. The van der Waals surface area contributed by atoms with Gasteiger partial charge in [0.2, 0.25) is 15.9 Å². The van der Waals surface area contributed by atoms with Gasteiger partial charge in [-0.1, -0.05) is 23.4 Å². The minimum atomic E-state index is -3.80. The van der Waals surface area contributed by atoms with Crippen molar-refractivity contribution in [1.82, 2.24) is 14.4 Å². The Bertz CT molecular complexity index is 1170. The smallest absolute Gasteiger partial charge is 0.248 e. The maximum atomic E-state index is 13.6. The summed E-state index contributed by atoms with van der Waals surface area (Å²) in [4.78, 5) is 19.8. The summed E-state index contributed by atoms with van der Waals surface area (Å²) in [6, 6.07) is 9.33. The Morgan fingerprint density at radius 1 is 1.23 bits per heavy atom. The fourth-order valence-corrected chi connectivity index (χ4v) is 6.51. The van der Waals surface area contributed by atoms with Crippen LogP contribution in [0.1, 0.15) is 30.0 Å². The van der Waals surface area contributed by atoms with Crippen LogP contribution in [0.4, 0.5) is 10.8 Å². The van der Waals surface area contributed by atoms with Crippen LogP contribution < -0.4 is 4.90 Å². The first kappa shape index (κ1) is 21.7. The minimum Gasteiger partial charge on any atom is -0.360 e. The number of benzene rings is 1. The molecular weight excluding hydrogens is 436 g/mol. The van der Waals surface area contributed by atoms with Crippen molar-refractivity contribution in [1.29, 1.82) is 0 Å². The van der Waals surface area contributed by atoms with Gasteiger partial charge in [0, 0.05) is 18.5 Å². The normalized spacial score (nSPS) is 17.6. The van der Waals surface area contributed by atoms with Gasteiger partial charge >= 0.3 is 0 Å². The predicted octanol–water partition coefficient (Wildman–Crippen LogP) is 3.82. The van der Waals surface area contributed by atoms with Crippen molar-refractivity contribution >= 4 is 38.1 Å². The molecule has 0 bridgehead atoms. The summed E-state index contributed by atoms with van der Waals surface area (Å²) in [6.45, 7) is 5.54. The lowest BCUT2D eigenvalue weighted by atomic mass is 9.98. The molecule has 1 saturated heterocycles. The maximum absolute atomic E-state index is 13.6. The second-order valence-corrected chi connectivity index (χ2v) is 10.3. The number of aryl methyl sites for hydroxylation is 3. The van der Waals surface area contributed by atoms with Gasteiger partial charge < -0.3 is 4.52 Å². The lowest BCUT2D eigenvalue weighted by Gasteiger charge is -2.33. The molecule has 4 rings (SSSR count). The van der Waals surface area contributed by atoms with Crippen molar-refractivity contribution in [3.8, 4) is 0 Å². The third-order valence-corrected chi connectivity index (χ3v) is 8.39. The summed E-state index contributed by atoms with van der Waals surface area (Å²) in [7, 11) is -3.80. The lowest BCUT2D eigenvalue weighted by Crippen LogP contribution is -2.46. The number of carbonyl (C=O) groups excluding carboxylic acids is 1. The maximum Gasteiger partial charge on any atom is 0.248 e. The highest BCUT2D eigenvalue weighted by Crippen LogP contribution is 2.33. The molecule has 1 unspecified atom stereocenters. The molecule has 0 spiro atoms. The lowest BCUT2D eigenvalue weighted by molar-refractivity contribution is -0.122. The van der Waals surface area contributed by atoms with E-state index in [1.807, 2.05) is 42.6 Å². The van der Waals surface area contributed by atoms with Crippen molar-refractivity contribution in [2.24, 2.45) is 5.92 Å².